The van der Waals surface area contributed by atoms with Crippen molar-refractivity contribution < 1.29 is 27.5 Å². The van der Waals surface area contributed by atoms with Crippen LogP contribution in [0.3, 0.4) is 0 Å². The Bertz CT molecular complexity index is 1210. The average molecular weight is 457 g/mol. The zero-order valence-corrected chi connectivity index (χ0v) is 18.7. The highest BCUT2D eigenvalue weighted by Crippen LogP contribution is 2.30. The van der Waals surface area contributed by atoms with Crippen molar-refractivity contribution in [1.29, 1.82) is 0 Å². The summed E-state index contributed by atoms with van der Waals surface area (Å²) >= 11 is 0. The van der Waals surface area contributed by atoms with Crippen LogP contribution in [-0.2, 0) is 26.0 Å². The zero-order valence-electron chi connectivity index (χ0n) is 17.9. The normalized spacial score (nSPS) is 17.7. The van der Waals surface area contributed by atoms with E-state index in [2.05, 4.69) is 0 Å². The molecule has 0 bridgehead atoms. The second-order valence-electron chi connectivity index (χ2n) is 7.97. The third-order valence-electron chi connectivity index (χ3n) is 5.76. The maximum absolute atomic E-state index is 12.8. The molecule has 0 aromatic heterocycles. The monoisotopic (exact) mass is 456 g/mol. The molecule has 0 radical (unpaired) electrons. The first kappa shape index (κ1) is 22.0. The van der Waals surface area contributed by atoms with Crippen molar-refractivity contribution in [2.75, 3.05) is 28.0 Å². The largest absolute Gasteiger partial charge is 0.451 e. The lowest BCUT2D eigenvalue weighted by atomic mass is 10.0. The number of amides is 1. The predicted octanol–water partition coefficient (Wildman–Crippen LogP) is 2.56. The molecule has 2 aliphatic heterocycles. The highest BCUT2D eigenvalue weighted by molar-refractivity contribution is 7.93. The van der Waals surface area contributed by atoms with E-state index in [9.17, 15) is 22.8 Å². The summed E-state index contributed by atoms with van der Waals surface area (Å²) in [5.74, 6) is -1.01. The molecule has 32 heavy (non-hydrogen) atoms. The summed E-state index contributed by atoms with van der Waals surface area (Å²) in [6.07, 6.45) is 0.175. The molecule has 1 atom stereocenters. The minimum Gasteiger partial charge on any atom is -0.451 e. The molecule has 1 saturated heterocycles. The van der Waals surface area contributed by atoms with Crippen LogP contribution in [0.4, 0.5) is 11.4 Å². The predicted molar refractivity (Wildman–Crippen MR) is 120 cm³/mol. The molecule has 2 heterocycles. The second-order valence-corrected chi connectivity index (χ2v) is 9.98. The summed E-state index contributed by atoms with van der Waals surface area (Å²) in [6.45, 7) is 3.96. The third-order valence-corrected chi connectivity index (χ3v) is 7.63. The molecule has 0 spiro atoms. The third kappa shape index (κ3) is 4.12. The van der Waals surface area contributed by atoms with Crippen molar-refractivity contribution in [3.05, 3.63) is 59.2 Å². The molecule has 8 nitrogen and oxygen atoms in total. The van der Waals surface area contributed by atoms with Crippen molar-refractivity contribution in [3.8, 4) is 0 Å². The highest BCUT2D eigenvalue weighted by Gasteiger charge is 2.29. The van der Waals surface area contributed by atoms with E-state index < -0.39 is 22.1 Å². The fourth-order valence-corrected chi connectivity index (χ4v) is 5.67. The van der Waals surface area contributed by atoms with Gasteiger partial charge in [0, 0.05) is 31.3 Å². The first-order valence-electron chi connectivity index (χ1n) is 10.4. The molecule has 0 N–H and O–H groups in total. The van der Waals surface area contributed by atoms with Gasteiger partial charge >= 0.3 is 5.97 Å². The summed E-state index contributed by atoms with van der Waals surface area (Å²) < 4.78 is 31.0. The fourth-order valence-electron chi connectivity index (χ4n) is 4.12. The van der Waals surface area contributed by atoms with Gasteiger partial charge in [-0.2, -0.15) is 0 Å². The Balaban J connectivity index is 1.47. The molecule has 1 fully saturated rings. The first-order chi connectivity index (χ1) is 15.2. The molecular formula is C23H24N2O6S. The van der Waals surface area contributed by atoms with Crippen LogP contribution in [0.1, 0.15) is 46.5 Å². The molecule has 0 aliphatic carbocycles. The Morgan fingerprint density at radius 1 is 1.03 bits per heavy atom. The second kappa shape index (κ2) is 8.38. The van der Waals surface area contributed by atoms with E-state index in [1.165, 1.54) is 30.3 Å². The zero-order chi connectivity index (χ0) is 23.0. The SMILES string of the molecule is CC(=O)N1CCc2cc(C(=O)C(C)OC(=O)c3cccc(N4CCCS4(=O)=O)c3)ccc21. The number of esters is 1. The van der Waals surface area contributed by atoms with Gasteiger partial charge in [0.2, 0.25) is 21.7 Å². The van der Waals surface area contributed by atoms with Gasteiger partial charge < -0.3 is 9.64 Å². The quantitative estimate of drug-likeness (QED) is 0.506. The van der Waals surface area contributed by atoms with E-state index in [1.54, 1.807) is 35.2 Å². The minimum absolute atomic E-state index is 0.0471. The van der Waals surface area contributed by atoms with Gasteiger partial charge in [0.1, 0.15) is 0 Å². The van der Waals surface area contributed by atoms with Crippen LogP contribution in [0.2, 0.25) is 0 Å². The Morgan fingerprint density at radius 2 is 1.81 bits per heavy atom. The van der Waals surface area contributed by atoms with Gasteiger partial charge in [-0.15, -0.1) is 0 Å². The number of ketones is 1. The van der Waals surface area contributed by atoms with Gasteiger partial charge in [-0.05, 0) is 61.7 Å². The van der Waals surface area contributed by atoms with E-state index >= 15 is 0 Å². The van der Waals surface area contributed by atoms with E-state index in [0.29, 0.717) is 37.2 Å². The van der Waals surface area contributed by atoms with Crippen molar-refractivity contribution in [3.63, 3.8) is 0 Å². The van der Waals surface area contributed by atoms with Crippen LogP contribution in [0, 0.1) is 0 Å². The molecule has 0 saturated carbocycles. The average Bonchev–Trinajstić information content (AvgIpc) is 3.35. The van der Waals surface area contributed by atoms with Crippen LogP contribution in [-0.4, -0.2) is 51.0 Å². The molecule has 1 unspecified atom stereocenters. The van der Waals surface area contributed by atoms with Crippen LogP contribution >= 0.6 is 0 Å². The van der Waals surface area contributed by atoms with Crippen molar-refractivity contribution in [2.45, 2.75) is 32.8 Å². The maximum Gasteiger partial charge on any atom is 0.338 e. The number of rotatable bonds is 5. The van der Waals surface area contributed by atoms with Gasteiger partial charge in [-0.3, -0.25) is 13.9 Å². The van der Waals surface area contributed by atoms with E-state index in [-0.39, 0.29) is 23.0 Å². The number of carbonyl (C=O) groups excluding carboxylic acids is 3. The molecule has 4 rings (SSSR count). The lowest BCUT2D eigenvalue weighted by molar-refractivity contribution is -0.116. The van der Waals surface area contributed by atoms with Crippen molar-refractivity contribution in [2.24, 2.45) is 0 Å². The number of carbonyl (C=O) groups is 3. The Morgan fingerprint density at radius 3 is 2.50 bits per heavy atom. The molecule has 168 valence electrons. The number of fused-ring (bicyclic) bond motifs is 1. The molecule has 9 heteroatoms. The number of Topliss-reactive ketones (excluding diaryl/α,β-unsaturated/α-hetero) is 1. The standard InChI is InChI=1S/C23H24N2O6S/c1-15(22(27)18-7-8-21-17(13-18)9-11-24(21)16(2)26)31-23(28)19-5-3-6-20(14-19)25-10-4-12-32(25,29)30/h3,5-8,13-15H,4,9-12H2,1-2H3. The van der Waals surface area contributed by atoms with Crippen LogP contribution in [0.25, 0.3) is 0 Å². The Hall–Kier alpha value is -3.20. The Kier molecular flexibility index (Phi) is 5.77. The van der Waals surface area contributed by atoms with Crippen LogP contribution in [0.15, 0.2) is 42.5 Å². The summed E-state index contributed by atoms with van der Waals surface area (Å²) in [5.41, 5.74) is 2.70. The van der Waals surface area contributed by atoms with E-state index in [1.807, 2.05) is 0 Å². The minimum atomic E-state index is -3.37. The number of hydrogen-bond donors (Lipinski definition) is 0. The topological polar surface area (TPSA) is 101 Å². The summed E-state index contributed by atoms with van der Waals surface area (Å²) in [4.78, 5) is 38.8. The molecule has 1 amide bonds. The maximum atomic E-state index is 12.8. The van der Waals surface area contributed by atoms with E-state index in [0.717, 1.165) is 11.3 Å². The number of hydrogen-bond acceptors (Lipinski definition) is 6. The number of sulfonamides is 1. The van der Waals surface area contributed by atoms with Crippen LogP contribution < -0.4 is 9.21 Å². The molecular weight excluding hydrogens is 432 g/mol. The van der Waals surface area contributed by atoms with Crippen LogP contribution in [0.5, 0.6) is 0 Å². The van der Waals surface area contributed by atoms with Gasteiger partial charge in [-0.1, -0.05) is 6.07 Å². The first-order valence-corrected chi connectivity index (χ1v) is 12.0. The number of benzene rings is 2. The molecule has 2 aromatic carbocycles. The summed E-state index contributed by atoms with van der Waals surface area (Å²) in [7, 11) is -3.37. The van der Waals surface area contributed by atoms with Crippen molar-refractivity contribution >= 4 is 39.1 Å². The van der Waals surface area contributed by atoms with Gasteiger partial charge in [0.05, 0.1) is 17.0 Å². The smallest absolute Gasteiger partial charge is 0.338 e. The number of ether oxygens (including phenoxy) is 1. The lowest BCUT2D eigenvalue weighted by Gasteiger charge is -2.18. The molecule has 2 aliphatic rings. The summed E-state index contributed by atoms with van der Waals surface area (Å²) in [6, 6.07) is 11.3. The Labute approximate surface area is 186 Å². The lowest BCUT2D eigenvalue weighted by Crippen LogP contribution is -2.26. The summed E-state index contributed by atoms with van der Waals surface area (Å²) in [5, 5.41) is 0. The number of anilines is 2. The number of nitrogens with zero attached hydrogens (tertiary/aromatic N) is 2. The van der Waals surface area contributed by atoms with Gasteiger partial charge in [-0.25, -0.2) is 13.2 Å². The highest BCUT2D eigenvalue weighted by atomic mass is 32.2. The fraction of sp³-hybridized carbons (Fsp3) is 0.348. The van der Waals surface area contributed by atoms with Crippen molar-refractivity contribution in [1.82, 2.24) is 0 Å². The van der Waals surface area contributed by atoms with Gasteiger partial charge in [0.25, 0.3) is 0 Å². The van der Waals surface area contributed by atoms with Gasteiger partial charge in [0.15, 0.2) is 6.10 Å². The van der Waals surface area contributed by atoms with E-state index in [4.69, 9.17) is 4.74 Å². The molecule has 2 aromatic rings.